The minimum atomic E-state index is -1.59. The minimum absolute atomic E-state index is 0.270. The summed E-state index contributed by atoms with van der Waals surface area (Å²) in [6, 6.07) is 0. The Morgan fingerprint density at radius 2 is 1.93 bits per heavy atom. The molecule has 2 aliphatic heterocycles. The number of ether oxygens (including phenoxy) is 4. The molecule has 8 atom stereocenters. The smallest absolute Gasteiger partial charge is 0.337 e. The highest BCUT2D eigenvalue weighted by atomic mass is 16.8. The molecule has 152 valence electrons. The second-order valence-electron chi connectivity index (χ2n) is 6.71. The SMILES string of the molecule is COC(=O)C1=CO[C@@H](O[C@@H]2O[C@H](CO)[C@@H](O)[C@H](O)[C@H]2O)[C@H]2C(CO)=CC[C@H]12. The summed E-state index contributed by atoms with van der Waals surface area (Å²) in [4.78, 5) is 12.0. The molecule has 1 fully saturated rings. The molecule has 0 bridgehead atoms. The van der Waals surface area contributed by atoms with Gasteiger partial charge in [-0.2, -0.15) is 0 Å². The topological polar surface area (TPSA) is 155 Å². The number of rotatable bonds is 5. The molecule has 0 unspecified atom stereocenters. The molecule has 3 rings (SSSR count). The quantitative estimate of drug-likeness (QED) is 0.258. The first-order valence-corrected chi connectivity index (χ1v) is 8.62. The lowest BCUT2D eigenvalue weighted by Crippen LogP contribution is -2.60. The van der Waals surface area contributed by atoms with Crippen molar-refractivity contribution in [3.8, 4) is 0 Å². The second-order valence-corrected chi connectivity index (χ2v) is 6.71. The zero-order chi connectivity index (χ0) is 19.7. The Balaban J connectivity index is 1.80. The number of aliphatic hydroxyl groups is 5. The summed E-state index contributed by atoms with van der Waals surface area (Å²) in [7, 11) is 1.25. The van der Waals surface area contributed by atoms with E-state index in [-0.39, 0.29) is 12.5 Å². The Labute approximate surface area is 155 Å². The maximum atomic E-state index is 12.0. The van der Waals surface area contributed by atoms with Crippen molar-refractivity contribution < 1.29 is 49.3 Å². The standard InChI is InChI=1S/C17H24O10/c1-24-15(23)9-6-25-16(11-7(4-18)2-3-8(9)11)27-17-14(22)13(21)12(20)10(5-19)26-17/h2,6,8,10-14,16-22H,3-5H2,1H3/t8-,10-,11+,12-,13+,14-,16+,17+/m1/s1. The summed E-state index contributed by atoms with van der Waals surface area (Å²) in [5, 5.41) is 48.8. The van der Waals surface area contributed by atoms with Crippen molar-refractivity contribution in [1.82, 2.24) is 0 Å². The predicted molar refractivity (Wildman–Crippen MR) is 86.6 cm³/mol. The summed E-state index contributed by atoms with van der Waals surface area (Å²) in [5.41, 5.74) is 0.903. The summed E-state index contributed by atoms with van der Waals surface area (Å²) >= 11 is 0. The highest BCUT2D eigenvalue weighted by molar-refractivity contribution is 5.89. The molecule has 10 nitrogen and oxygen atoms in total. The van der Waals surface area contributed by atoms with Crippen molar-refractivity contribution in [3.63, 3.8) is 0 Å². The Morgan fingerprint density at radius 1 is 1.19 bits per heavy atom. The van der Waals surface area contributed by atoms with Crippen molar-refractivity contribution in [2.24, 2.45) is 11.8 Å². The molecule has 0 aromatic heterocycles. The molecule has 5 N–H and O–H groups in total. The van der Waals surface area contributed by atoms with Crippen LogP contribution in [0, 0.1) is 11.8 Å². The highest BCUT2D eigenvalue weighted by Gasteiger charge is 2.49. The van der Waals surface area contributed by atoms with Gasteiger partial charge in [-0.05, 0) is 12.0 Å². The maximum absolute atomic E-state index is 12.0. The van der Waals surface area contributed by atoms with E-state index in [1.807, 2.05) is 0 Å². The maximum Gasteiger partial charge on any atom is 0.337 e. The molecule has 1 aliphatic carbocycles. The van der Waals surface area contributed by atoms with Gasteiger partial charge in [0.25, 0.3) is 0 Å². The van der Waals surface area contributed by atoms with Crippen LogP contribution < -0.4 is 0 Å². The van der Waals surface area contributed by atoms with Gasteiger partial charge in [0.05, 0.1) is 38.1 Å². The largest absolute Gasteiger partial charge is 0.471 e. The van der Waals surface area contributed by atoms with Crippen LogP contribution in [-0.4, -0.2) is 88.8 Å². The lowest BCUT2D eigenvalue weighted by Gasteiger charge is -2.42. The molecule has 0 aromatic rings. The zero-order valence-corrected chi connectivity index (χ0v) is 14.7. The van der Waals surface area contributed by atoms with Crippen LogP contribution in [-0.2, 0) is 23.7 Å². The molecule has 27 heavy (non-hydrogen) atoms. The molecule has 1 saturated heterocycles. The van der Waals surface area contributed by atoms with Crippen LogP contribution in [0.4, 0.5) is 0 Å². The van der Waals surface area contributed by atoms with Crippen molar-refractivity contribution in [3.05, 3.63) is 23.5 Å². The molecule has 0 amide bonds. The van der Waals surface area contributed by atoms with E-state index < -0.39 is 55.5 Å². The van der Waals surface area contributed by atoms with Gasteiger partial charge in [-0.1, -0.05) is 6.08 Å². The van der Waals surface area contributed by atoms with Gasteiger partial charge >= 0.3 is 5.97 Å². The number of aliphatic hydroxyl groups excluding tert-OH is 5. The van der Waals surface area contributed by atoms with Gasteiger partial charge in [-0.3, -0.25) is 0 Å². The number of fused-ring (bicyclic) bond motifs is 1. The number of allylic oxidation sites excluding steroid dienone is 1. The number of carbonyl (C=O) groups is 1. The van der Waals surface area contributed by atoms with Gasteiger partial charge in [0.15, 0.2) is 6.29 Å². The summed E-state index contributed by atoms with van der Waals surface area (Å²) in [5.74, 6) is -1.42. The van der Waals surface area contributed by atoms with Crippen molar-refractivity contribution in [1.29, 1.82) is 0 Å². The molecule has 0 aromatic carbocycles. The van der Waals surface area contributed by atoms with Crippen LogP contribution in [0.3, 0.4) is 0 Å². The van der Waals surface area contributed by atoms with E-state index >= 15 is 0 Å². The third-order valence-electron chi connectivity index (χ3n) is 5.24. The Kier molecular flexibility index (Phi) is 6.16. The van der Waals surface area contributed by atoms with Gasteiger partial charge < -0.3 is 44.5 Å². The fourth-order valence-corrected chi connectivity index (χ4v) is 3.73. The third kappa shape index (κ3) is 3.61. The van der Waals surface area contributed by atoms with Crippen molar-refractivity contribution in [2.75, 3.05) is 20.3 Å². The van der Waals surface area contributed by atoms with Gasteiger partial charge in [0.2, 0.25) is 6.29 Å². The average Bonchev–Trinajstić information content (AvgIpc) is 3.12. The molecular formula is C17H24O10. The second kappa shape index (κ2) is 8.23. The molecule has 3 aliphatic rings. The summed E-state index contributed by atoms with van der Waals surface area (Å²) in [6.45, 7) is -0.857. The van der Waals surface area contributed by atoms with Gasteiger partial charge in [0.1, 0.15) is 24.4 Å². The van der Waals surface area contributed by atoms with Crippen LogP contribution in [0.1, 0.15) is 6.42 Å². The number of carbonyl (C=O) groups excluding carboxylic acids is 1. The van der Waals surface area contributed by atoms with Gasteiger partial charge in [-0.15, -0.1) is 0 Å². The fourth-order valence-electron chi connectivity index (χ4n) is 3.73. The monoisotopic (exact) mass is 388 g/mol. The van der Waals surface area contributed by atoms with Crippen LogP contribution in [0.2, 0.25) is 0 Å². The van der Waals surface area contributed by atoms with E-state index in [1.54, 1.807) is 6.08 Å². The van der Waals surface area contributed by atoms with E-state index in [9.17, 15) is 30.3 Å². The summed E-state index contributed by atoms with van der Waals surface area (Å²) < 4.78 is 21.3. The lowest BCUT2D eigenvalue weighted by molar-refractivity contribution is -0.339. The third-order valence-corrected chi connectivity index (χ3v) is 5.24. The highest BCUT2D eigenvalue weighted by Crippen LogP contribution is 2.44. The van der Waals surface area contributed by atoms with Gasteiger partial charge in [-0.25, -0.2) is 4.79 Å². The molecule has 0 radical (unpaired) electrons. The van der Waals surface area contributed by atoms with E-state index in [0.29, 0.717) is 17.6 Å². The number of hydrogen-bond donors (Lipinski definition) is 5. The van der Waals surface area contributed by atoms with E-state index in [0.717, 1.165) is 0 Å². The molecule has 2 heterocycles. The number of esters is 1. The van der Waals surface area contributed by atoms with Crippen LogP contribution in [0.5, 0.6) is 0 Å². The van der Waals surface area contributed by atoms with Crippen LogP contribution in [0.15, 0.2) is 23.5 Å². The van der Waals surface area contributed by atoms with Crippen molar-refractivity contribution in [2.45, 2.75) is 43.4 Å². The minimum Gasteiger partial charge on any atom is -0.471 e. The van der Waals surface area contributed by atoms with Crippen LogP contribution >= 0.6 is 0 Å². The van der Waals surface area contributed by atoms with E-state index in [1.165, 1.54) is 13.4 Å². The Bertz CT molecular complexity index is 615. The first kappa shape index (κ1) is 20.2. The van der Waals surface area contributed by atoms with Gasteiger partial charge in [0, 0.05) is 5.92 Å². The molecule has 0 saturated carbocycles. The Morgan fingerprint density at radius 3 is 2.56 bits per heavy atom. The van der Waals surface area contributed by atoms with Crippen LogP contribution in [0.25, 0.3) is 0 Å². The number of hydrogen-bond acceptors (Lipinski definition) is 10. The predicted octanol–water partition coefficient (Wildman–Crippen LogP) is -2.23. The first-order valence-electron chi connectivity index (χ1n) is 8.62. The molecule has 0 spiro atoms. The number of methoxy groups -OCH3 is 1. The summed E-state index contributed by atoms with van der Waals surface area (Å²) in [6.07, 6.45) is -4.73. The fraction of sp³-hybridized carbons (Fsp3) is 0.706. The zero-order valence-electron chi connectivity index (χ0n) is 14.7. The first-order chi connectivity index (χ1) is 12.9. The average molecular weight is 388 g/mol. The molecule has 10 heteroatoms. The van der Waals surface area contributed by atoms with E-state index in [4.69, 9.17) is 18.9 Å². The van der Waals surface area contributed by atoms with E-state index in [2.05, 4.69) is 0 Å². The lowest BCUT2D eigenvalue weighted by atomic mass is 9.83. The molecular weight excluding hydrogens is 364 g/mol. The van der Waals surface area contributed by atoms with Crippen molar-refractivity contribution >= 4 is 5.97 Å². The normalized spacial score (nSPS) is 41.3. The Hall–Kier alpha value is -1.53.